The number of rotatable bonds is 8. The van der Waals surface area contributed by atoms with Crippen molar-refractivity contribution in [2.24, 2.45) is 0 Å². The highest BCUT2D eigenvalue weighted by Gasteiger charge is 2.34. The Morgan fingerprint density at radius 1 is 0.800 bits per heavy atom. The molecule has 2 aliphatic rings. The molecule has 35 heavy (non-hydrogen) atoms. The van der Waals surface area contributed by atoms with Gasteiger partial charge in [0.1, 0.15) is 0 Å². The van der Waals surface area contributed by atoms with E-state index in [-0.39, 0.29) is 22.4 Å². The number of nitrogens with zero attached hydrogens (tertiary/aromatic N) is 2. The van der Waals surface area contributed by atoms with E-state index in [0.717, 1.165) is 38.5 Å². The van der Waals surface area contributed by atoms with Crippen LogP contribution in [-0.2, 0) is 24.8 Å². The van der Waals surface area contributed by atoms with Crippen molar-refractivity contribution in [2.75, 3.05) is 25.0 Å². The van der Waals surface area contributed by atoms with Crippen molar-refractivity contribution in [1.82, 2.24) is 8.61 Å². The summed E-state index contributed by atoms with van der Waals surface area (Å²) in [6.45, 7) is 0.665. The number of sulfonamides is 2. The molecule has 1 heterocycles. The molecular formula is C25H33N3O5S2. The maximum atomic E-state index is 13.7. The number of piperidine rings is 1. The van der Waals surface area contributed by atoms with Crippen molar-refractivity contribution in [3.05, 3.63) is 54.6 Å². The first-order valence-electron chi connectivity index (χ1n) is 12.3. The fourth-order valence-electron chi connectivity index (χ4n) is 4.82. The first-order valence-corrected chi connectivity index (χ1v) is 15.1. The minimum Gasteiger partial charge on any atom is -0.325 e. The first kappa shape index (κ1) is 25.8. The van der Waals surface area contributed by atoms with Crippen LogP contribution in [0.25, 0.3) is 0 Å². The Morgan fingerprint density at radius 2 is 1.37 bits per heavy atom. The molecule has 2 aromatic rings. The van der Waals surface area contributed by atoms with Crippen LogP contribution in [0.2, 0.25) is 0 Å². The Kier molecular flexibility index (Phi) is 8.26. The third-order valence-corrected chi connectivity index (χ3v) is 10.5. The average Bonchev–Trinajstić information content (AvgIpc) is 2.89. The molecule has 2 fully saturated rings. The van der Waals surface area contributed by atoms with Gasteiger partial charge in [-0.3, -0.25) is 4.79 Å². The number of benzene rings is 2. The van der Waals surface area contributed by atoms with Crippen molar-refractivity contribution in [3.8, 4) is 0 Å². The maximum Gasteiger partial charge on any atom is 0.243 e. The minimum atomic E-state index is -4.01. The summed E-state index contributed by atoms with van der Waals surface area (Å²) >= 11 is 0. The fraction of sp³-hybridized carbons (Fsp3) is 0.480. The standard InChI is InChI=1S/C25H33N3O5S2/c29-25(26-21-10-4-1-5-11-21)20-28(22-12-6-2-7-13-22)35(32,33)24-16-14-23(15-17-24)34(30,31)27-18-8-3-9-19-27/h1,4-5,10-11,14-17,22H,2-3,6-9,12-13,18-20H2,(H,26,29). The number of carbonyl (C=O) groups is 1. The zero-order valence-corrected chi connectivity index (χ0v) is 21.4. The first-order chi connectivity index (χ1) is 16.8. The molecule has 0 aromatic heterocycles. The fourth-order valence-corrected chi connectivity index (χ4v) is 7.97. The van der Waals surface area contributed by atoms with Crippen LogP contribution in [0.3, 0.4) is 0 Å². The molecule has 0 unspecified atom stereocenters. The van der Waals surface area contributed by atoms with Gasteiger partial charge >= 0.3 is 0 Å². The molecule has 0 bridgehead atoms. The van der Waals surface area contributed by atoms with Gasteiger partial charge in [0.25, 0.3) is 0 Å². The molecule has 1 aliphatic heterocycles. The second-order valence-corrected chi connectivity index (χ2v) is 13.0. The number of hydrogen-bond donors (Lipinski definition) is 1. The average molecular weight is 520 g/mol. The molecular weight excluding hydrogens is 486 g/mol. The van der Waals surface area contributed by atoms with Crippen LogP contribution in [-0.4, -0.2) is 57.0 Å². The number of para-hydroxylation sites is 1. The van der Waals surface area contributed by atoms with Crippen LogP contribution in [0.5, 0.6) is 0 Å². The summed E-state index contributed by atoms with van der Waals surface area (Å²) in [4.78, 5) is 12.9. The largest absolute Gasteiger partial charge is 0.325 e. The summed E-state index contributed by atoms with van der Waals surface area (Å²) in [7, 11) is -7.67. The summed E-state index contributed by atoms with van der Waals surface area (Å²) in [5.41, 5.74) is 0.603. The van der Waals surface area contributed by atoms with Crippen LogP contribution in [0.1, 0.15) is 51.4 Å². The summed E-state index contributed by atoms with van der Waals surface area (Å²) in [5, 5.41) is 2.77. The third-order valence-electron chi connectivity index (χ3n) is 6.72. The molecule has 10 heteroatoms. The van der Waals surface area contributed by atoms with Gasteiger partial charge in [0.15, 0.2) is 0 Å². The lowest BCUT2D eigenvalue weighted by molar-refractivity contribution is -0.116. The zero-order valence-electron chi connectivity index (χ0n) is 19.8. The molecule has 1 saturated heterocycles. The molecule has 1 saturated carbocycles. The number of amides is 1. The van der Waals surface area contributed by atoms with Crippen LogP contribution in [0.4, 0.5) is 5.69 Å². The molecule has 0 radical (unpaired) electrons. The van der Waals surface area contributed by atoms with E-state index in [0.29, 0.717) is 31.6 Å². The Morgan fingerprint density at radius 3 is 2.00 bits per heavy atom. The Labute approximate surface area is 208 Å². The van der Waals surface area contributed by atoms with Gasteiger partial charge in [0.2, 0.25) is 26.0 Å². The molecule has 1 amide bonds. The van der Waals surface area contributed by atoms with E-state index in [4.69, 9.17) is 0 Å². The maximum absolute atomic E-state index is 13.7. The van der Waals surface area contributed by atoms with Crippen LogP contribution < -0.4 is 5.32 Å². The van der Waals surface area contributed by atoms with Gasteiger partial charge in [0, 0.05) is 24.8 Å². The van der Waals surface area contributed by atoms with E-state index >= 15 is 0 Å². The highest BCUT2D eigenvalue weighted by atomic mass is 32.2. The van der Waals surface area contributed by atoms with Crippen LogP contribution in [0.15, 0.2) is 64.4 Å². The van der Waals surface area contributed by atoms with E-state index in [9.17, 15) is 21.6 Å². The quantitative estimate of drug-likeness (QED) is 0.571. The van der Waals surface area contributed by atoms with Crippen molar-refractivity contribution in [1.29, 1.82) is 0 Å². The molecule has 8 nitrogen and oxygen atoms in total. The van der Waals surface area contributed by atoms with E-state index in [1.54, 1.807) is 24.3 Å². The summed E-state index contributed by atoms with van der Waals surface area (Å²) in [5.74, 6) is -0.408. The molecule has 190 valence electrons. The topological polar surface area (TPSA) is 104 Å². The molecule has 1 N–H and O–H groups in total. The van der Waals surface area contributed by atoms with Gasteiger partial charge < -0.3 is 5.32 Å². The molecule has 0 atom stereocenters. The zero-order chi connectivity index (χ0) is 24.9. The summed E-state index contributed by atoms with van der Waals surface area (Å²) in [6.07, 6.45) is 6.91. The van der Waals surface area contributed by atoms with E-state index < -0.39 is 26.0 Å². The van der Waals surface area contributed by atoms with Crippen molar-refractivity contribution in [3.63, 3.8) is 0 Å². The van der Waals surface area contributed by atoms with Gasteiger partial charge in [-0.15, -0.1) is 0 Å². The molecule has 1 aliphatic carbocycles. The lowest BCUT2D eigenvalue weighted by Gasteiger charge is -2.33. The van der Waals surface area contributed by atoms with Crippen LogP contribution >= 0.6 is 0 Å². The molecule has 2 aromatic carbocycles. The Balaban J connectivity index is 1.56. The highest BCUT2D eigenvalue weighted by molar-refractivity contribution is 7.89. The number of carbonyl (C=O) groups excluding carboxylic acids is 1. The second-order valence-electron chi connectivity index (χ2n) is 9.19. The smallest absolute Gasteiger partial charge is 0.243 e. The lowest BCUT2D eigenvalue weighted by Crippen LogP contribution is -2.45. The van der Waals surface area contributed by atoms with Gasteiger partial charge in [-0.2, -0.15) is 8.61 Å². The Bertz CT molecular complexity index is 1200. The molecule has 0 spiro atoms. The lowest BCUT2D eigenvalue weighted by atomic mass is 9.95. The van der Waals surface area contributed by atoms with Gasteiger partial charge in [0.05, 0.1) is 16.3 Å². The normalized spacial score (nSPS) is 18.4. The van der Waals surface area contributed by atoms with Crippen LogP contribution in [0, 0.1) is 0 Å². The minimum absolute atomic E-state index is 0.00632. The van der Waals surface area contributed by atoms with Gasteiger partial charge in [-0.05, 0) is 62.1 Å². The van der Waals surface area contributed by atoms with Crippen molar-refractivity contribution >= 4 is 31.6 Å². The Hall–Kier alpha value is -2.27. The predicted molar refractivity (Wildman–Crippen MR) is 135 cm³/mol. The predicted octanol–water partition coefficient (Wildman–Crippen LogP) is 3.82. The number of hydrogen-bond acceptors (Lipinski definition) is 5. The summed E-state index contributed by atoms with van der Waals surface area (Å²) < 4.78 is 56.0. The van der Waals surface area contributed by atoms with Gasteiger partial charge in [-0.1, -0.05) is 43.9 Å². The second kappa shape index (κ2) is 11.2. The molecule has 4 rings (SSSR count). The van der Waals surface area contributed by atoms with E-state index in [2.05, 4.69) is 5.32 Å². The van der Waals surface area contributed by atoms with Gasteiger partial charge in [-0.25, -0.2) is 16.8 Å². The summed E-state index contributed by atoms with van der Waals surface area (Å²) in [6, 6.07) is 14.1. The highest BCUT2D eigenvalue weighted by Crippen LogP contribution is 2.29. The number of nitrogens with one attached hydrogen (secondary N) is 1. The monoisotopic (exact) mass is 519 g/mol. The van der Waals surface area contributed by atoms with Crippen molar-refractivity contribution in [2.45, 2.75) is 67.2 Å². The van der Waals surface area contributed by atoms with E-state index in [1.165, 1.54) is 32.9 Å². The third kappa shape index (κ3) is 6.11. The SMILES string of the molecule is O=C(CN(C1CCCCC1)S(=O)(=O)c1ccc(S(=O)(=O)N2CCCCC2)cc1)Nc1ccccc1. The van der Waals surface area contributed by atoms with E-state index in [1.807, 2.05) is 6.07 Å². The number of anilines is 1. The van der Waals surface area contributed by atoms with Crippen molar-refractivity contribution < 1.29 is 21.6 Å².